The van der Waals surface area contributed by atoms with Gasteiger partial charge in [0.2, 0.25) is 0 Å². The van der Waals surface area contributed by atoms with Gasteiger partial charge in [-0.25, -0.2) is 9.97 Å². The number of aromatic nitrogens is 3. The zero-order valence-electron chi connectivity index (χ0n) is 15.9. The number of halogens is 1. The van der Waals surface area contributed by atoms with Gasteiger partial charge < -0.3 is 10.1 Å². The standard InChI is InChI=1S/C22H23BrN4O/c1-16-13-20(27-21(26-16)19-7-2-3-10-24-19)25-15-22(8-11-28-12-9-22)17-5-4-6-18(23)14-17/h2-7,10,13-14H,8-9,11-12,15H2,1H3,(H,25,26,27). The van der Waals surface area contributed by atoms with Crippen LogP contribution in [0.2, 0.25) is 0 Å². The molecular weight excluding hydrogens is 416 g/mol. The molecule has 1 saturated heterocycles. The number of rotatable bonds is 5. The minimum absolute atomic E-state index is 0.0199. The zero-order valence-corrected chi connectivity index (χ0v) is 17.4. The summed E-state index contributed by atoms with van der Waals surface area (Å²) in [6.45, 7) is 4.33. The fraction of sp³-hybridized carbons (Fsp3) is 0.318. The minimum atomic E-state index is 0.0199. The molecule has 1 N–H and O–H groups in total. The van der Waals surface area contributed by atoms with Gasteiger partial charge in [-0.2, -0.15) is 0 Å². The van der Waals surface area contributed by atoms with Crippen LogP contribution in [0.1, 0.15) is 24.1 Å². The van der Waals surface area contributed by atoms with Crippen LogP contribution in [0.25, 0.3) is 11.5 Å². The highest BCUT2D eigenvalue weighted by molar-refractivity contribution is 9.10. The summed E-state index contributed by atoms with van der Waals surface area (Å²) in [7, 11) is 0. The second-order valence-corrected chi connectivity index (χ2v) is 8.11. The van der Waals surface area contributed by atoms with Crippen LogP contribution >= 0.6 is 15.9 Å². The first-order chi connectivity index (χ1) is 13.6. The molecule has 1 aliphatic rings. The number of hydrogen-bond donors (Lipinski definition) is 1. The predicted molar refractivity (Wildman–Crippen MR) is 114 cm³/mol. The lowest BCUT2D eigenvalue weighted by molar-refractivity contribution is 0.0543. The number of nitrogens with zero attached hydrogens (tertiary/aromatic N) is 3. The SMILES string of the molecule is Cc1cc(NCC2(c3cccc(Br)c3)CCOCC2)nc(-c2ccccn2)n1. The molecule has 0 radical (unpaired) electrons. The highest BCUT2D eigenvalue weighted by Crippen LogP contribution is 2.36. The summed E-state index contributed by atoms with van der Waals surface area (Å²) >= 11 is 3.61. The average Bonchev–Trinajstić information content (AvgIpc) is 2.73. The van der Waals surface area contributed by atoms with Crippen LogP contribution in [0, 0.1) is 6.92 Å². The van der Waals surface area contributed by atoms with Gasteiger partial charge in [0.05, 0.1) is 0 Å². The third-order valence-electron chi connectivity index (χ3n) is 5.24. The lowest BCUT2D eigenvalue weighted by atomic mass is 9.74. The van der Waals surface area contributed by atoms with E-state index in [2.05, 4.69) is 55.5 Å². The summed E-state index contributed by atoms with van der Waals surface area (Å²) in [6, 6.07) is 16.4. The number of hydrogen-bond acceptors (Lipinski definition) is 5. The molecule has 1 aliphatic heterocycles. The van der Waals surface area contributed by atoms with Gasteiger partial charge >= 0.3 is 0 Å². The Labute approximate surface area is 173 Å². The van der Waals surface area contributed by atoms with Crippen molar-refractivity contribution in [3.8, 4) is 11.5 Å². The Morgan fingerprint density at radius 2 is 1.93 bits per heavy atom. The van der Waals surface area contributed by atoms with E-state index in [0.717, 1.165) is 54.3 Å². The monoisotopic (exact) mass is 438 g/mol. The molecule has 3 heterocycles. The Morgan fingerprint density at radius 1 is 1.07 bits per heavy atom. The lowest BCUT2D eigenvalue weighted by Crippen LogP contribution is -2.40. The highest BCUT2D eigenvalue weighted by Gasteiger charge is 2.34. The fourth-order valence-electron chi connectivity index (χ4n) is 3.68. The van der Waals surface area contributed by atoms with Gasteiger partial charge in [0.15, 0.2) is 5.82 Å². The molecule has 0 bridgehead atoms. The van der Waals surface area contributed by atoms with Crippen LogP contribution in [0.3, 0.4) is 0 Å². The molecule has 1 aromatic carbocycles. The van der Waals surface area contributed by atoms with Crippen LogP contribution in [-0.4, -0.2) is 34.7 Å². The Balaban J connectivity index is 1.60. The van der Waals surface area contributed by atoms with Crippen molar-refractivity contribution in [2.45, 2.75) is 25.2 Å². The molecule has 2 aromatic heterocycles. The van der Waals surface area contributed by atoms with Crippen molar-refractivity contribution in [1.29, 1.82) is 0 Å². The van der Waals surface area contributed by atoms with Crippen molar-refractivity contribution in [2.24, 2.45) is 0 Å². The Hall–Kier alpha value is -2.31. The van der Waals surface area contributed by atoms with Crippen LogP contribution in [0.5, 0.6) is 0 Å². The largest absolute Gasteiger partial charge is 0.381 e. The quantitative estimate of drug-likeness (QED) is 0.621. The Bertz CT molecular complexity index is 942. The smallest absolute Gasteiger partial charge is 0.180 e. The maximum absolute atomic E-state index is 5.65. The summed E-state index contributed by atoms with van der Waals surface area (Å²) in [5, 5.41) is 3.57. The molecule has 0 amide bonds. The van der Waals surface area contributed by atoms with E-state index in [1.807, 2.05) is 31.2 Å². The highest BCUT2D eigenvalue weighted by atomic mass is 79.9. The lowest BCUT2D eigenvalue weighted by Gasteiger charge is -2.38. The van der Waals surface area contributed by atoms with Crippen molar-refractivity contribution in [3.05, 3.63) is 70.5 Å². The van der Waals surface area contributed by atoms with Crippen molar-refractivity contribution in [1.82, 2.24) is 15.0 Å². The van der Waals surface area contributed by atoms with E-state index < -0.39 is 0 Å². The van der Waals surface area contributed by atoms with Crippen molar-refractivity contribution >= 4 is 21.7 Å². The van der Waals surface area contributed by atoms with Crippen LogP contribution in [-0.2, 0) is 10.2 Å². The molecule has 28 heavy (non-hydrogen) atoms. The van der Waals surface area contributed by atoms with Crippen molar-refractivity contribution in [3.63, 3.8) is 0 Å². The third kappa shape index (κ3) is 4.23. The zero-order chi connectivity index (χ0) is 19.4. The molecule has 1 fully saturated rings. The van der Waals surface area contributed by atoms with E-state index in [1.54, 1.807) is 6.20 Å². The minimum Gasteiger partial charge on any atom is -0.381 e. The molecule has 0 unspecified atom stereocenters. The van der Waals surface area contributed by atoms with E-state index >= 15 is 0 Å². The van der Waals surface area contributed by atoms with Gasteiger partial charge in [0.1, 0.15) is 11.5 Å². The third-order valence-corrected chi connectivity index (χ3v) is 5.74. The van der Waals surface area contributed by atoms with E-state index in [0.29, 0.717) is 5.82 Å². The predicted octanol–water partition coefficient (Wildman–Crippen LogP) is 4.77. The van der Waals surface area contributed by atoms with Crippen molar-refractivity contribution in [2.75, 3.05) is 25.1 Å². The normalized spacial score (nSPS) is 15.9. The topological polar surface area (TPSA) is 59.9 Å². The van der Waals surface area contributed by atoms with Gasteiger partial charge in [-0.15, -0.1) is 0 Å². The van der Waals surface area contributed by atoms with Gasteiger partial charge in [-0.3, -0.25) is 4.98 Å². The number of ether oxygens (including phenoxy) is 1. The van der Waals surface area contributed by atoms with E-state index in [4.69, 9.17) is 9.72 Å². The Morgan fingerprint density at radius 3 is 2.68 bits per heavy atom. The summed E-state index contributed by atoms with van der Waals surface area (Å²) in [5.74, 6) is 1.47. The average molecular weight is 439 g/mol. The summed E-state index contributed by atoms with van der Waals surface area (Å²) in [4.78, 5) is 13.6. The fourth-order valence-corrected chi connectivity index (χ4v) is 4.08. The van der Waals surface area contributed by atoms with Crippen LogP contribution in [0.4, 0.5) is 5.82 Å². The first-order valence-electron chi connectivity index (χ1n) is 9.49. The number of nitrogens with one attached hydrogen (secondary N) is 1. The van der Waals surface area contributed by atoms with Gasteiger partial charge in [-0.05, 0) is 49.6 Å². The summed E-state index contributed by atoms with van der Waals surface area (Å²) < 4.78 is 6.75. The number of pyridine rings is 1. The molecule has 5 nitrogen and oxygen atoms in total. The molecule has 4 rings (SSSR count). The number of benzene rings is 1. The second-order valence-electron chi connectivity index (χ2n) is 7.19. The number of aryl methyl sites for hydroxylation is 1. The van der Waals surface area contributed by atoms with Gasteiger partial charge in [0.25, 0.3) is 0 Å². The Kier molecular flexibility index (Phi) is 5.69. The van der Waals surface area contributed by atoms with Crippen LogP contribution in [0.15, 0.2) is 59.2 Å². The van der Waals surface area contributed by atoms with E-state index in [-0.39, 0.29) is 5.41 Å². The number of anilines is 1. The molecule has 0 spiro atoms. The summed E-state index contributed by atoms with van der Waals surface area (Å²) in [6.07, 6.45) is 3.72. The van der Waals surface area contributed by atoms with Crippen molar-refractivity contribution < 1.29 is 4.74 Å². The van der Waals surface area contributed by atoms with E-state index in [9.17, 15) is 0 Å². The maximum Gasteiger partial charge on any atom is 0.180 e. The first kappa shape index (κ1) is 19.0. The summed E-state index contributed by atoms with van der Waals surface area (Å²) in [5.41, 5.74) is 3.04. The molecule has 3 aromatic rings. The van der Waals surface area contributed by atoms with E-state index in [1.165, 1.54) is 5.56 Å². The molecule has 0 aliphatic carbocycles. The maximum atomic E-state index is 5.65. The first-order valence-corrected chi connectivity index (χ1v) is 10.3. The second kappa shape index (κ2) is 8.37. The molecular formula is C22H23BrN4O. The van der Waals surface area contributed by atoms with Crippen LogP contribution < -0.4 is 5.32 Å². The molecule has 0 saturated carbocycles. The molecule has 144 valence electrons. The molecule has 6 heteroatoms. The van der Waals surface area contributed by atoms with Gasteiger partial charge in [0, 0.05) is 47.6 Å². The molecule has 0 atom stereocenters. The van der Waals surface area contributed by atoms with Gasteiger partial charge in [-0.1, -0.05) is 34.1 Å².